The Morgan fingerprint density at radius 3 is 2.83 bits per heavy atom. The summed E-state index contributed by atoms with van der Waals surface area (Å²) in [6.07, 6.45) is 5.30. The van der Waals surface area contributed by atoms with Gasteiger partial charge in [0.25, 0.3) is 0 Å². The Labute approximate surface area is 111 Å². The first kappa shape index (κ1) is 13.6. The summed E-state index contributed by atoms with van der Waals surface area (Å²) in [7, 11) is 1.96. The molecule has 0 bridgehead atoms. The molecule has 0 unspecified atom stereocenters. The maximum absolute atomic E-state index is 5.94. The molecule has 0 atom stereocenters. The van der Waals surface area contributed by atoms with Gasteiger partial charge in [0.15, 0.2) is 0 Å². The molecule has 0 radical (unpaired) electrons. The van der Waals surface area contributed by atoms with Crippen LogP contribution in [0.3, 0.4) is 0 Å². The summed E-state index contributed by atoms with van der Waals surface area (Å²) in [6.45, 7) is 7.40. The number of furan rings is 1. The molecule has 102 valence electrons. The van der Waals surface area contributed by atoms with Gasteiger partial charge in [0.2, 0.25) is 0 Å². The molecule has 1 aliphatic rings. The maximum atomic E-state index is 5.94. The summed E-state index contributed by atoms with van der Waals surface area (Å²) in [5.41, 5.74) is 1.27. The first-order valence-corrected chi connectivity index (χ1v) is 7.21. The van der Waals surface area contributed by atoms with Crippen molar-refractivity contribution in [3.63, 3.8) is 0 Å². The van der Waals surface area contributed by atoms with Crippen LogP contribution in [0, 0.1) is 6.92 Å². The van der Waals surface area contributed by atoms with Crippen molar-refractivity contribution in [2.24, 2.45) is 0 Å². The van der Waals surface area contributed by atoms with E-state index in [2.05, 4.69) is 30.1 Å². The third-order valence-corrected chi connectivity index (χ3v) is 3.63. The molecule has 1 heterocycles. The van der Waals surface area contributed by atoms with Crippen LogP contribution in [-0.4, -0.2) is 24.5 Å². The Bertz CT molecular complexity index is 369. The Morgan fingerprint density at radius 1 is 1.44 bits per heavy atom. The zero-order valence-corrected chi connectivity index (χ0v) is 12.0. The largest absolute Gasteiger partial charge is 0.463 e. The number of aryl methyl sites for hydroxylation is 1. The van der Waals surface area contributed by atoms with Crippen molar-refractivity contribution in [3.8, 4) is 0 Å². The standard InChI is InChI=1S/C15H26N2O/c1-4-5-8-17(13-6-7-13)11-14-9-12(2)15(18-14)10-16-3/h9,13,16H,4-8,10-11H2,1-3H3. The summed E-state index contributed by atoms with van der Waals surface area (Å²) in [5, 5.41) is 3.15. The second kappa shape index (κ2) is 6.39. The smallest absolute Gasteiger partial charge is 0.120 e. The zero-order valence-electron chi connectivity index (χ0n) is 12.0. The van der Waals surface area contributed by atoms with Crippen molar-refractivity contribution < 1.29 is 4.42 Å². The Morgan fingerprint density at radius 2 is 2.22 bits per heavy atom. The van der Waals surface area contributed by atoms with E-state index in [1.807, 2.05) is 7.05 Å². The molecule has 0 aliphatic heterocycles. The lowest BCUT2D eigenvalue weighted by Crippen LogP contribution is -2.26. The minimum Gasteiger partial charge on any atom is -0.463 e. The third-order valence-electron chi connectivity index (χ3n) is 3.63. The van der Waals surface area contributed by atoms with Crippen LogP contribution in [-0.2, 0) is 13.1 Å². The van der Waals surface area contributed by atoms with Crippen molar-refractivity contribution in [3.05, 3.63) is 23.2 Å². The molecule has 3 nitrogen and oxygen atoms in total. The Balaban J connectivity index is 1.95. The Hall–Kier alpha value is -0.800. The second-order valence-electron chi connectivity index (χ2n) is 5.40. The minimum atomic E-state index is 0.815. The average molecular weight is 250 g/mol. The van der Waals surface area contributed by atoms with Gasteiger partial charge in [-0.25, -0.2) is 0 Å². The van der Waals surface area contributed by atoms with Gasteiger partial charge in [-0.15, -0.1) is 0 Å². The van der Waals surface area contributed by atoms with Crippen LogP contribution in [0.25, 0.3) is 0 Å². The van der Waals surface area contributed by atoms with Gasteiger partial charge in [0.05, 0.1) is 13.1 Å². The number of nitrogens with zero attached hydrogens (tertiary/aromatic N) is 1. The molecule has 0 amide bonds. The molecule has 18 heavy (non-hydrogen) atoms. The van der Waals surface area contributed by atoms with Crippen molar-refractivity contribution >= 4 is 0 Å². The number of unbranched alkanes of at least 4 members (excludes halogenated alkanes) is 1. The molecule has 2 rings (SSSR count). The Kier molecular flexibility index (Phi) is 4.84. The summed E-state index contributed by atoms with van der Waals surface area (Å²) in [6, 6.07) is 3.02. The van der Waals surface area contributed by atoms with Crippen molar-refractivity contribution in [2.75, 3.05) is 13.6 Å². The monoisotopic (exact) mass is 250 g/mol. The van der Waals surface area contributed by atoms with Crippen LogP contribution in [0.5, 0.6) is 0 Å². The van der Waals surface area contributed by atoms with E-state index < -0.39 is 0 Å². The van der Waals surface area contributed by atoms with E-state index >= 15 is 0 Å². The summed E-state index contributed by atoms with van der Waals surface area (Å²) in [4.78, 5) is 2.59. The normalized spacial score (nSPS) is 15.6. The van der Waals surface area contributed by atoms with Crippen molar-refractivity contribution in [1.29, 1.82) is 0 Å². The van der Waals surface area contributed by atoms with Crippen LogP contribution in [0.1, 0.15) is 49.7 Å². The molecule has 1 aromatic heterocycles. The number of rotatable bonds is 8. The topological polar surface area (TPSA) is 28.4 Å². The second-order valence-corrected chi connectivity index (χ2v) is 5.40. The van der Waals surface area contributed by atoms with E-state index in [1.54, 1.807) is 0 Å². The highest BCUT2D eigenvalue weighted by molar-refractivity contribution is 5.20. The molecule has 0 saturated heterocycles. The van der Waals surface area contributed by atoms with E-state index in [-0.39, 0.29) is 0 Å². The van der Waals surface area contributed by atoms with Gasteiger partial charge in [-0.2, -0.15) is 0 Å². The van der Waals surface area contributed by atoms with E-state index in [4.69, 9.17) is 4.42 Å². The van der Waals surface area contributed by atoms with Gasteiger partial charge in [-0.1, -0.05) is 13.3 Å². The van der Waals surface area contributed by atoms with Gasteiger partial charge >= 0.3 is 0 Å². The zero-order chi connectivity index (χ0) is 13.0. The fraction of sp³-hybridized carbons (Fsp3) is 0.733. The highest BCUT2D eigenvalue weighted by atomic mass is 16.3. The van der Waals surface area contributed by atoms with Crippen LogP contribution in [0.4, 0.5) is 0 Å². The predicted molar refractivity (Wildman–Crippen MR) is 74.5 cm³/mol. The van der Waals surface area contributed by atoms with E-state index in [9.17, 15) is 0 Å². The molecule has 1 saturated carbocycles. The van der Waals surface area contributed by atoms with Gasteiger partial charge < -0.3 is 9.73 Å². The lowest BCUT2D eigenvalue weighted by molar-refractivity contribution is 0.228. The summed E-state index contributed by atoms with van der Waals surface area (Å²) < 4.78 is 5.94. The molecule has 1 fully saturated rings. The van der Waals surface area contributed by atoms with Crippen LogP contribution < -0.4 is 5.32 Å². The molecule has 3 heteroatoms. The summed E-state index contributed by atoms with van der Waals surface area (Å²) >= 11 is 0. The lowest BCUT2D eigenvalue weighted by Gasteiger charge is -2.20. The van der Waals surface area contributed by atoms with E-state index in [0.29, 0.717) is 0 Å². The van der Waals surface area contributed by atoms with Crippen molar-refractivity contribution in [2.45, 2.75) is 58.7 Å². The SMILES string of the molecule is CCCCN(Cc1cc(C)c(CNC)o1)C1CC1. The van der Waals surface area contributed by atoms with Crippen LogP contribution in [0.15, 0.2) is 10.5 Å². The fourth-order valence-corrected chi connectivity index (χ4v) is 2.40. The first-order chi connectivity index (χ1) is 8.74. The third kappa shape index (κ3) is 3.59. The highest BCUT2D eigenvalue weighted by Crippen LogP contribution is 2.29. The molecule has 0 spiro atoms. The average Bonchev–Trinajstić information content (AvgIpc) is 3.12. The van der Waals surface area contributed by atoms with Crippen LogP contribution >= 0.6 is 0 Å². The first-order valence-electron chi connectivity index (χ1n) is 7.21. The maximum Gasteiger partial charge on any atom is 0.120 e. The highest BCUT2D eigenvalue weighted by Gasteiger charge is 2.29. The number of hydrogen-bond donors (Lipinski definition) is 1. The molecule has 1 aromatic rings. The molecule has 1 N–H and O–H groups in total. The molecular weight excluding hydrogens is 224 g/mol. The summed E-state index contributed by atoms with van der Waals surface area (Å²) in [5.74, 6) is 2.21. The fourth-order valence-electron chi connectivity index (χ4n) is 2.40. The van der Waals surface area contributed by atoms with Gasteiger partial charge in [0, 0.05) is 6.04 Å². The van der Waals surface area contributed by atoms with Gasteiger partial charge in [-0.05, 0) is 51.4 Å². The van der Waals surface area contributed by atoms with Gasteiger partial charge in [0.1, 0.15) is 11.5 Å². The van der Waals surface area contributed by atoms with Crippen molar-refractivity contribution in [1.82, 2.24) is 10.2 Å². The van der Waals surface area contributed by atoms with E-state index in [1.165, 1.54) is 37.8 Å². The minimum absolute atomic E-state index is 0.815. The quantitative estimate of drug-likeness (QED) is 0.768. The number of hydrogen-bond acceptors (Lipinski definition) is 3. The number of nitrogens with one attached hydrogen (secondary N) is 1. The molecule has 0 aromatic carbocycles. The molecular formula is C15H26N2O. The van der Waals surface area contributed by atoms with E-state index in [0.717, 1.165) is 30.7 Å². The predicted octanol–water partition coefficient (Wildman–Crippen LogP) is 3.07. The van der Waals surface area contributed by atoms with Gasteiger partial charge in [-0.3, -0.25) is 4.90 Å². The molecule has 1 aliphatic carbocycles. The van der Waals surface area contributed by atoms with Crippen LogP contribution in [0.2, 0.25) is 0 Å². The lowest BCUT2D eigenvalue weighted by atomic mass is 10.2.